The van der Waals surface area contributed by atoms with Crippen LogP contribution in [0.1, 0.15) is 31.7 Å². The summed E-state index contributed by atoms with van der Waals surface area (Å²) in [6.45, 7) is 2.82. The zero-order chi connectivity index (χ0) is 14.7. The van der Waals surface area contributed by atoms with E-state index in [4.69, 9.17) is 0 Å². The molecule has 2 aliphatic rings. The van der Waals surface area contributed by atoms with Crippen molar-refractivity contribution in [3.63, 3.8) is 0 Å². The highest BCUT2D eigenvalue weighted by Gasteiger charge is 2.22. The van der Waals surface area contributed by atoms with E-state index in [1.807, 2.05) is 10.9 Å². The third kappa shape index (κ3) is 3.41. The number of carbonyl (C=O) groups is 2. The summed E-state index contributed by atoms with van der Waals surface area (Å²) < 4.78 is 1.93. The van der Waals surface area contributed by atoms with E-state index in [2.05, 4.69) is 15.7 Å². The molecule has 7 heteroatoms. The molecule has 3 rings (SSSR count). The van der Waals surface area contributed by atoms with Gasteiger partial charge in [-0.2, -0.15) is 5.10 Å². The zero-order valence-electron chi connectivity index (χ0n) is 12.0. The van der Waals surface area contributed by atoms with Crippen LogP contribution in [0.15, 0.2) is 12.4 Å². The number of piperidine rings is 1. The molecule has 1 aromatic heterocycles. The lowest BCUT2D eigenvalue weighted by Crippen LogP contribution is -2.33. The molecule has 21 heavy (non-hydrogen) atoms. The molecule has 2 aliphatic heterocycles. The molecule has 0 spiro atoms. The van der Waals surface area contributed by atoms with Gasteiger partial charge in [-0.05, 0) is 32.4 Å². The van der Waals surface area contributed by atoms with E-state index in [0.29, 0.717) is 24.7 Å². The lowest BCUT2D eigenvalue weighted by Gasteiger charge is -2.22. The highest BCUT2D eigenvalue weighted by atomic mass is 16.2. The topological polar surface area (TPSA) is 79.3 Å². The van der Waals surface area contributed by atoms with E-state index >= 15 is 0 Å². The minimum absolute atomic E-state index is 0.0653. The average molecular weight is 291 g/mol. The van der Waals surface area contributed by atoms with E-state index < -0.39 is 0 Å². The normalized spacial score (nSPS) is 20.0. The van der Waals surface area contributed by atoms with Crippen molar-refractivity contribution >= 4 is 17.5 Å². The SMILES string of the molecule is O=C(CN1CCCC1=O)Nc1cnn(C2CCNCC2)c1. The van der Waals surface area contributed by atoms with Gasteiger partial charge in [-0.1, -0.05) is 0 Å². The van der Waals surface area contributed by atoms with Crippen LogP contribution in [0.2, 0.25) is 0 Å². The maximum Gasteiger partial charge on any atom is 0.244 e. The number of hydrogen-bond donors (Lipinski definition) is 2. The molecule has 7 nitrogen and oxygen atoms in total. The molecule has 2 N–H and O–H groups in total. The second kappa shape index (κ2) is 6.26. The van der Waals surface area contributed by atoms with Gasteiger partial charge in [-0.15, -0.1) is 0 Å². The van der Waals surface area contributed by atoms with Crippen molar-refractivity contribution in [1.29, 1.82) is 0 Å². The lowest BCUT2D eigenvalue weighted by molar-refractivity contribution is -0.131. The maximum absolute atomic E-state index is 11.9. The summed E-state index contributed by atoms with van der Waals surface area (Å²) in [5, 5.41) is 10.5. The Balaban J connectivity index is 1.54. The number of nitrogens with zero attached hydrogens (tertiary/aromatic N) is 3. The first-order valence-electron chi connectivity index (χ1n) is 7.55. The Morgan fingerprint density at radius 2 is 2.24 bits per heavy atom. The summed E-state index contributed by atoms with van der Waals surface area (Å²) >= 11 is 0. The van der Waals surface area contributed by atoms with Crippen molar-refractivity contribution in [3.05, 3.63) is 12.4 Å². The van der Waals surface area contributed by atoms with Gasteiger partial charge in [0.05, 0.1) is 24.5 Å². The number of anilines is 1. The molecule has 1 aromatic rings. The molecule has 0 saturated carbocycles. The van der Waals surface area contributed by atoms with Gasteiger partial charge in [0.25, 0.3) is 0 Å². The highest BCUT2D eigenvalue weighted by molar-refractivity contribution is 5.94. The number of nitrogens with one attached hydrogen (secondary N) is 2. The number of amides is 2. The minimum Gasteiger partial charge on any atom is -0.333 e. The largest absolute Gasteiger partial charge is 0.333 e. The highest BCUT2D eigenvalue weighted by Crippen LogP contribution is 2.19. The van der Waals surface area contributed by atoms with Crippen molar-refractivity contribution < 1.29 is 9.59 Å². The Morgan fingerprint density at radius 1 is 1.43 bits per heavy atom. The van der Waals surface area contributed by atoms with Crippen molar-refractivity contribution in [2.24, 2.45) is 0 Å². The van der Waals surface area contributed by atoms with Crippen molar-refractivity contribution in [3.8, 4) is 0 Å². The molecular formula is C14H21N5O2. The monoisotopic (exact) mass is 291 g/mol. The number of carbonyl (C=O) groups excluding carboxylic acids is 2. The summed E-state index contributed by atoms with van der Waals surface area (Å²) in [4.78, 5) is 25.0. The standard InChI is InChI=1S/C14H21N5O2/c20-13(10-18-7-1-2-14(18)21)17-11-8-16-19(9-11)12-3-5-15-6-4-12/h8-9,12,15H,1-7,10H2,(H,17,20). The van der Waals surface area contributed by atoms with Crippen molar-refractivity contribution in [2.75, 3.05) is 31.5 Å². The number of hydrogen-bond acceptors (Lipinski definition) is 4. The number of aromatic nitrogens is 2. The van der Waals surface area contributed by atoms with Gasteiger partial charge < -0.3 is 15.5 Å². The molecule has 114 valence electrons. The molecule has 3 heterocycles. The van der Waals surface area contributed by atoms with E-state index in [9.17, 15) is 9.59 Å². The first kappa shape index (κ1) is 14.1. The summed E-state index contributed by atoms with van der Waals surface area (Å²) in [6, 6.07) is 0.400. The van der Waals surface area contributed by atoms with E-state index in [-0.39, 0.29) is 18.4 Å². The lowest BCUT2D eigenvalue weighted by atomic mass is 10.1. The van der Waals surface area contributed by atoms with E-state index in [1.165, 1.54) is 0 Å². The molecule has 2 fully saturated rings. The first-order valence-corrected chi connectivity index (χ1v) is 7.55. The summed E-state index contributed by atoms with van der Waals surface area (Å²) in [5.74, 6) is -0.0920. The predicted molar refractivity (Wildman–Crippen MR) is 77.8 cm³/mol. The smallest absolute Gasteiger partial charge is 0.244 e. The summed E-state index contributed by atoms with van der Waals surface area (Å²) in [7, 11) is 0. The Kier molecular flexibility index (Phi) is 4.19. The first-order chi connectivity index (χ1) is 10.2. The second-order valence-electron chi connectivity index (χ2n) is 5.66. The van der Waals surface area contributed by atoms with Crippen molar-refractivity contribution in [2.45, 2.75) is 31.7 Å². The van der Waals surface area contributed by atoms with Crippen LogP contribution in [-0.4, -0.2) is 52.7 Å². The minimum atomic E-state index is -0.157. The van der Waals surface area contributed by atoms with Gasteiger partial charge in [0.1, 0.15) is 0 Å². The van der Waals surface area contributed by atoms with Crippen LogP contribution in [0.4, 0.5) is 5.69 Å². The Bertz CT molecular complexity index is 521. The molecule has 0 aliphatic carbocycles. The van der Waals surface area contributed by atoms with Crippen molar-refractivity contribution in [1.82, 2.24) is 20.0 Å². The second-order valence-corrected chi connectivity index (χ2v) is 5.66. The molecule has 0 bridgehead atoms. The predicted octanol–water partition coefficient (Wildman–Crippen LogP) is 0.369. The van der Waals surface area contributed by atoms with Crippen LogP contribution >= 0.6 is 0 Å². The third-order valence-corrected chi connectivity index (χ3v) is 4.07. The van der Waals surface area contributed by atoms with Crippen LogP contribution in [0, 0.1) is 0 Å². The van der Waals surface area contributed by atoms with Gasteiger partial charge in [-0.3, -0.25) is 14.3 Å². The van der Waals surface area contributed by atoms with E-state index in [0.717, 1.165) is 32.4 Å². The fourth-order valence-corrected chi connectivity index (χ4v) is 2.92. The fourth-order valence-electron chi connectivity index (χ4n) is 2.92. The molecule has 0 unspecified atom stereocenters. The van der Waals surface area contributed by atoms with Crippen LogP contribution in [0.25, 0.3) is 0 Å². The van der Waals surface area contributed by atoms with E-state index in [1.54, 1.807) is 11.1 Å². The molecule has 2 saturated heterocycles. The van der Waals surface area contributed by atoms with Gasteiger partial charge >= 0.3 is 0 Å². The quantitative estimate of drug-likeness (QED) is 0.840. The third-order valence-electron chi connectivity index (χ3n) is 4.07. The zero-order valence-corrected chi connectivity index (χ0v) is 12.0. The van der Waals surface area contributed by atoms with Gasteiger partial charge in [0.2, 0.25) is 11.8 Å². The average Bonchev–Trinajstić information content (AvgIpc) is 3.10. The summed E-state index contributed by atoms with van der Waals surface area (Å²) in [5.41, 5.74) is 0.699. The fraction of sp³-hybridized carbons (Fsp3) is 0.643. The molecule has 0 aromatic carbocycles. The maximum atomic E-state index is 11.9. The number of rotatable bonds is 4. The Hall–Kier alpha value is -1.89. The molecule has 0 atom stereocenters. The molecule has 2 amide bonds. The number of likely N-dealkylation sites (tertiary alicyclic amines) is 1. The van der Waals surface area contributed by atoms with Crippen LogP contribution < -0.4 is 10.6 Å². The van der Waals surface area contributed by atoms with Crippen LogP contribution in [-0.2, 0) is 9.59 Å². The Labute approximate surface area is 123 Å². The van der Waals surface area contributed by atoms with Gasteiger partial charge in [0, 0.05) is 19.2 Å². The van der Waals surface area contributed by atoms with Gasteiger partial charge in [-0.25, -0.2) is 0 Å². The van der Waals surface area contributed by atoms with Crippen LogP contribution in [0.5, 0.6) is 0 Å². The molecular weight excluding hydrogens is 270 g/mol. The molecule has 0 radical (unpaired) electrons. The van der Waals surface area contributed by atoms with Gasteiger partial charge in [0.15, 0.2) is 0 Å². The Morgan fingerprint density at radius 3 is 2.95 bits per heavy atom. The van der Waals surface area contributed by atoms with Crippen LogP contribution in [0.3, 0.4) is 0 Å². The summed E-state index contributed by atoms with van der Waals surface area (Å²) in [6.07, 6.45) is 7.06.